The number of hydrogen-bond donors (Lipinski definition) is 3. The number of H-pyrrole nitrogens is 1. The van der Waals surface area contributed by atoms with Crippen LogP contribution in [0, 0.1) is 12.3 Å². The quantitative estimate of drug-likeness (QED) is 0.644. The van der Waals surface area contributed by atoms with Gasteiger partial charge in [0, 0.05) is 12.3 Å². The van der Waals surface area contributed by atoms with E-state index in [4.69, 9.17) is 11.5 Å². The Bertz CT molecular complexity index is 487. The van der Waals surface area contributed by atoms with Crippen LogP contribution in [0.2, 0.25) is 0 Å². The molecule has 0 bridgehead atoms. The molecule has 0 aliphatic carbocycles. The lowest BCUT2D eigenvalue weighted by atomic mass is 10.2. The number of carboxylic acid groups (broad SMARTS) is 1. The van der Waals surface area contributed by atoms with Crippen molar-refractivity contribution < 1.29 is 14.7 Å². The van der Waals surface area contributed by atoms with Gasteiger partial charge in [-0.2, -0.15) is 0 Å². The van der Waals surface area contributed by atoms with Crippen molar-refractivity contribution in [2.45, 2.75) is 32.2 Å². The van der Waals surface area contributed by atoms with Gasteiger partial charge in [-0.25, -0.2) is 9.78 Å². The van der Waals surface area contributed by atoms with Crippen molar-refractivity contribution in [1.29, 1.82) is 0 Å². The van der Waals surface area contributed by atoms with Crippen LogP contribution in [-0.4, -0.2) is 38.2 Å². The minimum Gasteiger partial charge on any atom is -0.480 e. The van der Waals surface area contributed by atoms with Crippen LogP contribution < -0.4 is 5.32 Å². The number of hydrogen-bond acceptors (Lipinski definition) is 4. The second-order valence-corrected chi connectivity index (χ2v) is 3.97. The predicted octanol–water partition coefficient (Wildman–Crippen LogP) is 0.134. The second-order valence-electron chi connectivity index (χ2n) is 3.97. The number of amides is 1. The highest BCUT2D eigenvalue weighted by Gasteiger charge is 2.22. The summed E-state index contributed by atoms with van der Waals surface area (Å²) in [4.78, 5) is 26.5. The molecule has 0 spiro atoms. The minimum atomic E-state index is -1.19. The molecule has 0 aliphatic heterocycles. The van der Waals surface area contributed by atoms with Crippen molar-refractivity contribution in [2.24, 2.45) is 0 Å². The maximum Gasteiger partial charge on any atom is 0.327 e. The third-order valence-corrected chi connectivity index (χ3v) is 2.18. The molecule has 1 amide bonds. The van der Waals surface area contributed by atoms with E-state index in [0.29, 0.717) is 5.82 Å². The fourth-order valence-electron chi connectivity index (χ4n) is 1.17. The van der Waals surface area contributed by atoms with Gasteiger partial charge in [0.25, 0.3) is 5.91 Å². The van der Waals surface area contributed by atoms with Gasteiger partial charge in [0.05, 0.1) is 0 Å². The smallest absolute Gasteiger partial charge is 0.327 e. The molecule has 0 aromatic carbocycles. The van der Waals surface area contributed by atoms with Crippen molar-refractivity contribution in [3.63, 3.8) is 0 Å². The third kappa shape index (κ3) is 3.31. The number of rotatable bonds is 5. The molecule has 7 nitrogen and oxygen atoms in total. The Morgan fingerprint density at radius 1 is 1.56 bits per heavy atom. The van der Waals surface area contributed by atoms with Gasteiger partial charge in [-0.05, 0) is 0 Å². The van der Waals surface area contributed by atoms with Gasteiger partial charge < -0.3 is 10.4 Å². The van der Waals surface area contributed by atoms with E-state index < -0.39 is 17.9 Å². The number of carbonyl (C=O) groups excluding carboxylic acids is 1. The number of aromatic nitrogens is 3. The van der Waals surface area contributed by atoms with E-state index in [1.165, 1.54) is 0 Å². The first kappa shape index (κ1) is 13.7. The van der Waals surface area contributed by atoms with Crippen molar-refractivity contribution in [2.75, 3.05) is 0 Å². The van der Waals surface area contributed by atoms with E-state index in [9.17, 15) is 9.59 Å². The molecule has 0 saturated heterocycles. The summed E-state index contributed by atoms with van der Waals surface area (Å²) in [6.45, 7) is 3.78. The molecule has 7 heteroatoms. The maximum atomic E-state index is 11.7. The average Bonchev–Trinajstić information content (AvgIpc) is 2.77. The minimum absolute atomic E-state index is 0.0947. The summed E-state index contributed by atoms with van der Waals surface area (Å²) in [7, 11) is 0. The topological polar surface area (TPSA) is 108 Å². The number of carbonyl (C=O) groups is 2. The summed E-state index contributed by atoms with van der Waals surface area (Å²) in [5.41, 5.74) is 0. The molecule has 18 heavy (non-hydrogen) atoms. The van der Waals surface area contributed by atoms with Crippen LogP contribution in [-0.2, 0) is 4.79 Å². The molecule has 0 fully saturated rings. The highest BCUT2D eigenvalue weighted by Crippen LogP contribution is 2.07. The molecule has 0 saturated carbocycles. The summed E-state index contributed by atoms with van der Waals surface area (Å²) in [6.07, 6.45) is 4.93. The lowest BCUT2D eigenvalue weighted by Crippen LogP contribution is -2.40. The van der Waals surface area contributed by atoms with E-state index in [-0.39, 0.29) is 18.2 Å². The number of aliphatic carboxylic acids is 1. The van der Waals surface area contributed by atoms with Crippen LogP contribution in [0.25, 0.3) is 0 Å². The molecule has 0 radical (unpaired) electrons. The summed E-state index contributed by atoms with van der Waals surface area (Å²) in [5.74, 6) is 0.887. The molecular weight excluding hydrogens is 236 g/mol. The Hall–Kier alpha value is -2.36. The zero-order chi connectivity index (χ0) is 13.7. The SMILES string of the molecule is C#CCC(NC(=O)c1n[nH]c(C(C)C)n1)C(=O)O. The second kappa shape index (κ2) is 5.82. The molecule has 1 heterocycles. The van der Waals surface area contributed by atoms with Gasteiger partial charge in [0.2, 0.25) is 5.82 Å². The monoisotopic (exact) mass is 250 g/mol. The van der Waals surface area contributed by atoms with Gasteiger partial charge in [-0.15, -0.1) is 17.4 Å². The van der Waals surface area contributed by atoms with E-state index in [0.717, 1.165) is 0 Å². The van der Waals surface area contributed by atoms with Crippen LogP contribution in [0.15, 0.2) is 0 Å². The third-order valence-electron chi connectivity index (χ3n) is 2.18. The van der Waals surface area contributed by atoms with Gasteiger partial charge in [-0.3, -0.25) is 9.89 Å². The molecule has 96 valence electrons. The van der Waals surface area contributed by atoms with Crippen LogP contribution >= 0.6 is 0 Å². The van der Waals surface area contributed by atoms with Crippen molar-refractivity contribution >= 4 is 11.9 Å². The largest absolute Gasteiger partial charge is 0.480 e. The molecule has 1 unspecified atom stereocenters. The number of nitrogens with one attached hydrogen (secondary N) is 2. The normalized spacial score (nSPS) is 11.9. The standard InChI is InChI=1S/C11H14N4O3/c1-4-5-7(11(17)18)12-10(16)9-13-8(6(2)3)14-15-9/h1,6-7H,5H2,2-3H3,(H,12,16)(H,17,18)(H,13,14,15). The number of terminal acetylenes is 1. The van der Waals surface area contributed by atoms with Crippen LogP contribution in [0.4, 0.5) is 0 Å². The highest BCUT2D eigenvalue weighted by atomic mass is 16.4. The first-order valence-corrected chi connectivity index (χ1v) is 5.35. The molecule has 0 aliphatic rings. The van der Waals surface area contributed by atoms with Gasteiger partial charge in [0.1, 0.15) is 11.9 Å². The van der Waals surface area contributed by atoms with Crippen molar-refractivity contribution in [3.05, 3.63) is 11.6 Å². The average molecular weight is 250 g/mol. The molecular formula is C11H14N4O3. The Labute approximate surface area is 104 Å². The summed E-state index contributed by atoms with van der Waals surface area (Å²) in [6, 6.07) is -1.14. The first-order chi connectivity index (χ1) is 8.45. The summed E-state index contributed by atoms with van der Waals surface area (Å²) >= 11 is 0. The van der Waals surface area contributed by atoms with Crippen LogP contribution in [0.5, 0.6) is 0 Å². The fourth-order valence-corrected chi connectivity index (χ4v) is 1.17. The zero-order valence-corrected chi connectivity index (χ0v) is 10.1. The van der Waals surface area contributed by atoms with Crippen LogP contribution in [0.3, 0.4) is 0 Å². The molecule has 1 aromatic rings. The molecule has 3 N–H and O–H groups in total. The van der Waals surface area contributed by atoms with Crippen molar-refractivity contribution in [3.8, 4) is 12.3 Å². The fraction of sp³-hybridized carbons (Fsp3) is 0.455. The summed E-state index contributed by atoms with van der Waals surface area (Å²) in [5, 5.41) is 17.4. The zero-order valence-electron chi connectivity index (χ0n) is 10.1. The van der Waals surface area contributed by atoms with E-state index >= 15 is 0 Å². The van der Waals surface area contributed by atoms with Gasteiger partial charge in [0.15, 0.2) is 0 Å². The lowest BCUT2D eigenvalue weighted by Gasteiger charge is -2.09. The predicted molar refractivity (Wildman–Crippen MR) is 62.8 cm³/mol. The van der Waals surface area contributed by atoms with E-state index in [1.54, 1.807) is 0 Å². The summed E-state index contributed by atoms with van der Waals surface area (Å²) < 4.78 is 0. The first-order valence-electron chi connectivity index (χ1n) is 5.35. The van der Waals surface area contributed by atoms with Crippen molar-refractivity contribution in [1.82, 2.24) is 20.5 Å². The highest BCUT2D eigenvalue weighted by molar-refractivity contribution is 5.93. The molecule has 1 atom stereocenters. The Morgan fingerprint density at radius 3 is 2.67 bits per heavy atom. The lowest BCUT2D eigenvalue weighted by molar-refractivity contribution is -0.139. The molecule has 1 rings (SSSR count). The van der Waals surface area contributed by atoms with Gasteiger partial charge >= 0.3 is 5.97 Å². The number of aromatic amines is 1. The van der Waals surface area contributed by atoms with E-state index in [1.807, 2.05) is 13.8 Å². The molecule has 1 aromatic heterocycles. The van der Waals surface area contributed by atoms with E-state index in [2.05, 4.69) is 26.4 Å². The van der Waals surface area contributed by atoms with Gasteiger partial charge in [-0.1, -0.05) is 13.8 Å². The number of nitrogens with zero attached hydrogens (tertiary/aromatic N) is 2. The maximum absolute atomic E-state index is 11.7. The number of carboxylic acids is 1. The Morgan fingerprint density at radius 2 is 2.22 bits per heavy atom. The Kier molecular flexibility index (Phi) is 4.43. The Balaban J connectivity index is 2.74. The van der Waals surface area contributed by atoms with Crippen LogP contribution in [0.1, 0.15) is 42.6 Å².